The van der Waals surface area contributed by atoms with Crippen LogP contribution in [-0.4, -0.2) is 196 Å². The van der Waals surface area contributed by atoms with Crippen LogP contribution in [0.5, 0.6) is 23.0 Å². The minimum Gasteiger partial charge on any atom is -0.487 e. The second kappa shape index (κ2) is 44.2. The lowest BCUT2D eigenvalue weighted by atomic mass is 9.98. The Morgan fingerprint density at radius 1 is 0.273 bits per heavy atom. The van der Waals surface area contributed by atoms with Gasteiger partial charge in [-0.05, 0) is 74.2 Å². The molecule has 0 aliphatic carbocycles. The lowest BCUT2D eigenvalue weighted by Crippen LogP contribution is -2.15. The van der Waals surface area contributed by atoms with Crippen molar-refractivity contribution in [3.05, 3.63) is 70.8 Å². The first kappa shape index (κ1) is 82.1. The highest BCUT2D eigenvalue weighted by Crippen LogP contribution is 2.43. The number of hydrogen-bond acceptors (Lipinski definition) is 24. The van der Waals surface area contributed by atoms with Gasteiger partial charge < -0.3 is 76.3 Å². The zero-order valence-corrected chi connectivity index (χ0v) is 64.8. The number of H-pyrrole nitrogens is 2. The van der Waals surface area contributed by atoms with Crippen molar-refractivity contribution in [1.29, 1.82) is 0 Å². The number of nitrogens with one attached hydrogen (secondary N) is 2. The Morgan fingerprint density at radius 3 is 0.691 bits per heavy atom. The first-order valence-corrected chi connectivity index (χ1v) is 40.4. The molecule has 110 heavy (non-hydrogen) atoms. The molecule has 26 heteroatoms. The monoisotopic (exact) mass is 1520 g/mol. The molecule has 26 nitrogen and oxygen atoms in total. The highest BCUT2D eigenvalue weighted by atomic mass is 16.6. The van der Waals surface area contributed by atoms with E-state index < -0.39 is 23.9 Å². The van der Waals surface area contributed by atoms with Crippen LogP contribution in [-0.2, 0) is 47.4 Å². The maximum Gasteiger partial charge on any atom is 0.339 e. The first-order valence-electron chi connectivity index (χ1n) is 40.4. The third kappa shape index (κ3) is 23.1. The van der Waals surface area contributed by atoms with Gasteiger partial charge in [0.2, 0.25) is 0 Å². The number of benzene rings is 4. The van der Waals surface area contributed by atoms with Crippen LogP contribution in [0, 0.1) is 0 Å². The number of hydrogen-bond donors (Lipinski definition) is 2. The summed E-state index contributed by atoms with van der Waals surface area (Å²) < 4.78 is 85.3. The van der Waals surface area contributed by atoms with Gasteiger partial charge in [-0.2, -0.15) is 0 Å². The Morgan fingerprint density at radius 2 is 0.473 bits per heavy atom. The van der Waals surface area contributed by atoms with Crippen molar-refractivity contribution >= 4 is 68.0 Å². The maximum absolute atomic E-state index is 14.8. The van der Waals surface area contributed by atoms with Gasteiger partial charge in [0.1, 0.15) is 49.0 Å². The molecule has 0 atom stereocenters. The van der Waals surface area contributed by atoms with Crippen molar-refractivity contribution in [2.75, 3.05) is 132 Å². The van der Waals surface area contributed by atoms with Crippen LogP contribution in [0.4, 0.5) is 0 Å². The molecule has 0 unspecified atom stereocenters. The van der Waals surface area contributed by atoms with Gasteiger partial charge in [-0.15, -0.1) is 0 Å². The molecule has 8 bridgehead atoms. The molecule has 594 valence electrons. The third-order valence-electron chi connectivity index (χ3n) is 19.5. The van der Waals surface area contributed by atoms with Crippen LogP contribution in [0.3, 0.4) is 0 Å². The average molecular weight is 1520 g/mol. The first-order chi connectivity index (χ1) is 54.1. The van der Waals surface area contributed by atoms with E-state index in [4.69, 9.17) is 96.2 Å². The van der Waals surface area contributed by atoms with Crippen LogP contribution in [0.15, 0.2) is 48.5 Å². The van der Waals surface area contributed by atoms with E-state index in [1.54, 1.807) is 48.5 Å². The van der Waals surface area contributed by atoms with E-state index in [1.165, 1.54) is 0 Å². The predicted octanol–water partition coefficient (Wildman–Crippen LogP) is 16.6. The van der Waals surface area contributed by atoms with Crippen LogP contribution in [0.25, 0.3) is 89.7 Å². The quantitative estimate of drug-likeness (QED) is 0.0225. The van der Waals surface area contributed by atoms with Crippen molar-refractivity contribution in [2.45, 2.75) is 182 Å². The van der Waals surface area contributed by atoms with Crippen molar-refractivity contribution < 1.29 is 85.5 Å². The van der Waals surface area contributed by atoms with E-state index in [2.05, 4.69) is 37.7 Å². The van der Waals surface area contributed by atoms with E-state index in [0.29, 0.717) is 145 Å². The van der Waals surface area contributed by atoms with Crippen molar-refractivity contribution in [3.63, 3.8) is 0 Å². The molecular formula is C84H110N8O18. The van der Waals surface area contributed by atoms with Gasteiger partial charge in [0, 0.05) is 43.8 Å². The summed E-state index contributed by atoms with van der Waals surface area (Å²) in [6, 6.07) is 13.5. The van der Waals surface area contributed by atoms with E-state index in [0.717, 1.165) is 128 Å². The highest BCUT2D eigenvalue weighted by molar-refractivity contribution is 6.11. The largest absolute Gasteiger partial charge is 0.487 e. The van der Waals surface area contributed by atoms with Crippen molar-refractivity contribution in [2.24, 2.45) is 0 Å². The fourth-order valence-electron chi connectivity index (χ4n) is 13.4. The molecule has 7 aromatic rings. The summed E-state index contributed by atoms with van der Waals surface area (Å²) in [5, 5.41) is 1.95. The Balaban J connectivity index is 1.17. The zero-order chi connectivity index (χ0) is 76.5. The molecule has 0 saturated heterocycles. The molecule has 11 rings (SSSR count). The Hall–Kier alpha value is -8.92. The van der Waals surface area contributed by atoms with Gasteiger partial charge in [0.05, 0.1) is 128 Å². The molecule has 2 N–H and O–H groups in total. The molecule has 4 aliphatic heterocycles. The molecular weight excluding hydrogens is 1410 g/mol. The van der Waals surface area contributed by atoms with Crippen LogP contribution in [0.2, 0.25) is 0 Å². The minimum atomic E-state index is -0.717. The lowest BCUT2D eigenvalue weighted by molar-refractivity contribution is 0.00708. The molecule has 0 radical (unpaired) electrons. The van der Waals surface area contributed by atoms with Gasteiger partial charge >= 0.3 is 23.9 Å². The van der Waals surface area contributed by atoms with Crippen LogP contribution < -0.4 is 18.9 Å². The van der Waals surface area contributed by atoms with E-state index in [-0.39, 0.29) is 147 Å². The summed E-state index contributed by atoms with van der Waals surface area (Å²) in [4.78, 5) is 98.2. The fraction of sp³-hybridized carbons (Fsp3) is 0.571. The Bertz CT molecular complexity index is 3820. The van der Waals surface area contributed by atoms with Gasteiger partial charge in [0.25, 0.3) is 0 Å². The summed E-state index contributed by atoms with van der Waals surface area (Å²) in [5.74, 6) is -1.11. The number of unbranched alkanes of at least 4 members (excludes halogenated alkanes) is 20. The van der Waals surface area contributed by atoms with E-state index in [9.17, 15) is 19.2 Å². The third-order valence-corrected chi connectivity index (χ3v) is 19.5. The number of rotatable bonds is 32. The molecule has 0 fully saturated rings. The summed E-state index contributed by atoms with van der Waals surface area (Å²) in [6.07, 6.45) is 23.2. The van der Waals surface area contributed by atoms with Gasteiger partial charge in [-0.1, -0.05) is 156 Å². The summed E-state index contributed by atoms with van der Waals surface area (Å²) in [6.45, 7) is 13.5. The molecule has 0 saturated carbocycles. The number of esters is 4. The molecule has 4 aliphatic rings. The summed E-state index contributed by atoms with van der Waals surface area (Å²) in [7, 11) is 0. The molecule has 0 amide bonds. The topological polar surface area (TPSA) is 306 Å². The Kier molecular flexibility index (Phi) is 33.0. The van der Waals surface area contributed by atoms with Crippen LogP contribution >= 0.6 is 0 Å². The highest BCUT2D eigenvalue weighted by Gasteiger charge is 2.32. The van der Waals surface area contributed by atoms with Gasteiger partial charge in [-0.25, -0.2) is 49.1 Å². The maximum atomic E-state index is 14.8. The zero-order valence-electron chi connectivity index (χ0n) is 64.8. The standard InChI is InChI=1S/C84H110N8O18/c1-5-9-13-17-21-25-29-107-81(93)65-49-57-58(50-66(65)82(94)108-30-26-22-18-14-10-6-2)74-85-73(57)87-77-61-53-69-70(104-46-42-100-38-34-97-33-37-99-41-45-103-69)54-62(61)79(91-77)89-75-59-51-67(83(95)109-31-27-23-19-15-11-7-3)68(84(96)110-32-28-24-20-16-12-8-4)52-60(59)76(86-75)90-80-64-56-72-71(55-63(64)78(88-74)92-80)105-47-43-101-39-35-98-36-40-102-44-48-106-72/h49-56H,5-48H2,1-4H3,(H2,85,86,87,88,89,90,91,92). The normalized spacial score (nSPS) is 14.7. The average Bonchev–Trinajstić information content (AvgIpc) is 1.59. The Labute approximate surface area is 643 Å². The predicted molar refractivity (Wildman–Crippen MR) is 418 cm³/mol. The molecule has 0 spiro atoms. The van der Waals surface area contributed by atoms with E-state index in [1.807, 2.05) is 0 Å². The number of aromatic amines is 2. The number of carbonyl (C=O) groups excluding carboxylic acids is 4. The minimum absolute atomic E-state index is 0.0378. The smallest absolute Gasteiger partial charge is 0.339 e. The number of nitrogens with zero attached hydrogens (tertiary/aromatic N) is 6. The summed E-state index contributed by atoms with van der Waals surface area (Å²) >= 11 is 0. The fourth-order valence-corrected chi connectivity index (χ4v) is 13.4. The number of fused-ring (bicyclic) bond motifs is 22. The number of aromatic nitrogens is 8. The second-order valence-electron chi connectivity index (χ2n) is 27.9. The molecule has 4 aromatic carbocycles. The SMILES string of the molecule is CCCCCCCCOC(=O)c1cc2c(cc1C(=O)OCCCCCCCC)-c1nc-2nc2[nH]c(nc3nc(nc4[nH]c(n1)c1cc5c(cc41)OCCOCCOCCOCCO5)-c1cc(C(=O)OCCCCCCCC)c(C(=O)OCCCCCCCC)cc1-3)c1cc3c(cc21)OCCOCCOCCOCCO3. The van der Waals surface area contributed by atoms with Crippen molar-refractivity contribution in [3.8, 4) is 68.5 Å². The lowest BCUT2D eigenvalue weighted by Gasteiger charge is -2.13. The van der Waals surface area contributed by atoms with E-state index >= 15 is 0 Å². The van der Waals surface area contributed by atoms with Gasteiger partial charge in [0.15, 0.2) is 46.3 Å². The molecule has 3 aromatic heterocycles. The van der Waals surface area contributed by atoms with Crippen LogP contribution in [0.1, 0.15) is 223 Å². The molecule has 7 heterocycles. The summed E-state index contributed by atoms with van der Waals surface area (Å²) in [5.41, 5.74) is 2.11. The van der Waals surface area contributed by atoms with Gasteiger partial charge in [-0.3, -0.25) is 0 Å². The number of carbonyl (C=O) groups is 4. The van der Waals surface area contributed by atoms with Crippen molar-refractivity contribution in [1.82, 2.24) is 39.9 Å². The second-order valence-corrected chi connectivity index (χ2v) is 27.9. The number of ether oxygens (including phenoxy) is 14.